The van der Waals surface area contributed by atoms with Gasteiger partial charge in [-0.15, -0.1) is 0 Å². The molecule has 2 aliphatic rings. The molecule has 4 nitrogen and oxygen atoms in total. The van der Waals surface area contributed by atoms with Crippen LogP contribution in [-0.2, 0) is 9.53 Å². The number of carbonyl (C=O) groups is 1. The molecule has 2 aliphatic heterocycles. The van der Waals surface area contributed by atoms with Crippen molar-refractivity contribution in [2.24, 2.45) is 11.8 Å². The Bertz CT molecular complexity index is 495. The molecular weight excluding hydrogens is 469 g/mol. The van der Waals surface area contributed by atoms with Crippen LogP contribution in [-0.4, -0.2) is 34.7 Å². The normalized spacial score (nSPS) is 35.9. The van der Waals surface area contributed by atoms with E-state index in [1.807, 2.05) is 44.2 Å². The maximum absolute atomic E-state index is 12.5. The Balaban J connectivity index is 0.00000147. The van der Waals surface area contributed by atoms with Crippen molar-refractivity contribution in [2.45, 2.75) is 25.6 Å². The molecular formula is C15H19AcNO3. The van der Waals surface area contributed by atoms with Crippen LogP contribution >= 0.6 is 0 Å². The monoisotopic (exact) mass is 488 g/mol. The number of amides is 1. The summed E-state index contributed by atoms with van der Waals surface area (Å²) in [5.74, 6) is 0.105. The Morgan fingerprint density at radius 1 is 1.35 bits per heavy atom. The van der Waals surface area contributed by atoms with E-state index in [-0.39, 0.29) is 74.6 Å². The van der Waals surface area contributed by atoms with E-state index in [9.17, 15) is 9.90 Å². The van der Waals surface area contributed by atoms with Crippen LogP contribution in [0.5, 0.6) is 0 Å². The summed E-state index contributed by atoms with van der Waals surface area (Å²) in [6.07, 6.45) is -0.367. The van der Waals surface area contributed by atoms with Gasteiger partial charge in [0.25, 0.3) is 0 Å². The van der Waals surface area contributed by atoms with E-state index in [0.717, 1.165) is 5.56 Å². The predicted molar refractivity (Wildman–Crippen MR) is 70.1 cm³/mol. The minimum atomic E-state index is -0.559. The molecule has 2 saturated heterocycles. The number of aliphatic hydroxyl groups excluding tert-OH is 1. The van der Waals surface area contributed by atoms with Crippen molar-refractivity contribution in [3.8, 4) is 0 Å². The van der Waals surface area contributed by atoms with Gasteiger partial charge in [0.1, 0.15) is 0 Å². The van der Waals surface area contributed by atoms with Crippen molar-refractivity contribution in [3.05, 3.63) is 35.9 Å². The predicted octanol–water partition coefficient (Wildman–Crippen LogP) is 1.56. The first-order chi connectivity index (χ1) is 9.12. The Hall–Kier alpha value is 0.0516. The number of rotatable bonds is 2. The van der Waals surface area contributed by atoms with Gasteiger partial charge in [-0.25, -0.2) is 0 Å². The number of hydrogen-bond donors (Lipinski definition) is 1. The number of carbonyl (C=O) groups excluding carboxylic acids is 1. The van der Waals surface area contributed by atoms with E-state index in [1.54, 1.807) is 4.90 Å². The summed E-state index contributed by atoms with van der Waals surface area (Å²) in [6, 6.07) is 9.73. The molecule has 0 spiro atoms. The Morgan fingerprint density at radius 3 is 2.60 bits per heavy atom. The van der Waals surface area contributed by atoms with Crippen LogP contribution in [0.3, 0.4) is 0 Å². The van der Waals surface area contributed by atoms with Gasteiger partial charge in [0.05, 0.1) is 18.8 Å². The van der Waals surface area contributed by atoms with Crippen molar-refractivity contribution < 1.29 is 58.7 Å². The first kappa shape index (κ1) is 16.4. The van der Waals surface area contributed by atoms with Crippen molar-refractivity contribution in [1.82, 2.24) is 4.90 Å². The fourth-order valence-corrected chi connectivity index (χ4v) is 3.31. The van der Waals surface area contributed by atoms with Crippen molar-refractivity contribution in [3.63, 3.8) is 0 Å². The van der Waals surface area contributed by atoms with Gasteiger partial charge >= 0.3 is 0 Å². The molecule has 4 atom stereocenters. The van der Waals surface area contributed by atoms with Gasteiger partial charge in [-0.3, -0.25) is 4.79 Å². The minimum absolute atomic E-state index is 0. The maximum atomic E-state index is 12.5. The molecule has 5 heteroatoms. The number of benzene rings is 1. The van der Waals surface area contributed by atoms with E-state index in [0.29, 0.717) is 6.61 Å². The number of hydrogen-bond acceptors (Lipinski definition) is 3. The van der Waals surface area contributed by atoms with Crippen LogP contribution in [0, 0.1) is 55.9 Å². The third-order valence-corrected chi connectivity index (χ3v) is 4.79. The summed E-state index contributed by atoms with van der Waals surface area (Å²) in [6.45, 7) is 4.31. The van der Waals surface area contributed by atoms with Crippen LogP contribution in [0.4, 0.5) is 0 Å². The molecule has 0 saturated carbocycles. The maximum Gasteiger partial charge on any atom is 0.228 e. The van der Waals surface area contributed by atoms with Crippen molar-refractivity contribution in [1.29, 1.82) is 0 Å². The molecule has 1 N–H and O–H groups in total. The summed E-state index contributed by atoms with van der Waals surface area (Å²) >= 11 is 0. The largest absolute Gasteiger partial charge is 0.394 e. The average molecular weight is 488 g/mol. The Morgan fingerprint density at radius 2 is 2.00 bits per heavy atom. The summed E-state index contributed by atoms with van der Waals surface area (Å²) in [4.78, 5) is 14.2. The minimum Gasteiger partial charge on any atom is -0.394 e. The molecule has 0 bridgehead atoms. The zero-order chi connectivity index (χ0) is 13.6. The second-order valence-electron chi connectivity index (χ2n) is 5.62. The summed E-state index contributed by atoms with van der Waals surface area (Å²) in [5.41, 5.74) is 0.407. The molecule has 0 aliphatic carbocycles. The van der Waals surface area contributed by atoms with Crippen LogP contribution in [0.25, 0.3) is 0 Å². The topological polar surface area (TPSA) is 49.8 Å². The molecule has 20 heavy (non-hydrogen) atoms. The molecule has 105 valence electrons. The second-order valence-corrected chi connectivity index (χ2v) is 5.62. The number of aliphatic hydroxyl groups is 1. The molecule has 1 radical (unpaired) electrons. The van der Waals surface area contributed by atoms with Gasteiger partial charge in [0, 0.05) is 55.5 Å². The van der Waals surface area contributed by atoms with E-state index in [4.69, 9.17) is 4.74 Å². The smallest absolute Gasteiger partial charge is 0.228 e. The van der Waals surface area contributed by atoms with Gasteiger partial charge in [-0.2, -0.15) is 0 Å². The van der Waals surface area contributed by atoms with E-state index < -0.39 is 5.54 Å². The van der Waals surface area contributed by atoms with E-state index >= 15 is 0 Å². The molecule has 1 amide bonds. The summed E-state index contributed by atoms with van der Waals surface area (Å²) in [5, 5.41) is 9.82. The Labute approximate surface area is 155 Å². The average Bonchev–Trinajstić information content (AvgIpc) is 2.93. The van der Waals surface area contributed by atoms with Gasteiger partial charge in [-0.05, 0) is 5.92 Å². The molecule has 1 aromatic carbocycles. The van der Waals surface area contributed by atoms with Crippen LogP contribution in [0.2, 0.25) is 0 Å². The molecule has 1 aromatic rings. The SMILES string of the molecule is CC1C(=O)N2C(c3ccccc3)OC[C@@]2(CO)[C@H]1C.[Ac]. The molecule has 0 aromatic heterocycles. The molecule has 2 heterocycles. The van der Waals surface area contributed by atoms with Gasteiger partial charge < -0.3 is 14.7 Å². The fraction of sp³-hybridized carbons (Fsp3) is 0.533. The number of nitrogens with zero attached hydrogens (tertiary/aromatic N) is 1. The molecule has 2 fully saturated rings. The van der Waals surface area contributed by atoms with Gasteiger partial charge in [0.15, 0.2) is 6.23 Å². The first-order valence-corrected chi connectivity index (χ1v) is 6.72. The van der Waals surface area contributed by atoms with E-state index in [1.165, 1.54) is 0 Å². The first-order valence-electron chi connectivity index (χ1n) is 6.72. The summed E-state index contributed by atoms with van der Waals surface area (Å²) < 4.78 is 5.83. The third kappa shape index (κ3) is 2.18. The van der Waals surface area contributed by atoms with Crippen LogP contribution < -0.4 is 0 Å². The quantitative estimate of drug-likeness (QED) is 0.688. The van der Waals surface area contributed by atoms with Gasteiger partial charge in [-0.1, -0.05) is 44.2 Å². The third-order valence-electron chi connectivity index (χ3n) is 4.79. The van der Waals surface area contributed by atoms with Crippen LogP contribution in [0.15, 0.2) is 30.3 Å². The zero-order valence-corrected chi connectivity index (χ0v) is 16.6. The molecule has 2 unspecified atom stereocenters. The van der Waals surface area contributed by atoms with Crippen molar-refractivity contribution >= 4 is 5.91 Å². The Kier molecular flexibility index (Phi) is 4.96. The van der Waals surface area contributed by atoms with E-state index in [2.05, 4.69) is 0 Å². The zero-order valence-electron chi connectivity index (χ0n) is 11.8. The number of ether oxygens (including phenoxy) is 1. The summed E-state index contributed by atoms with van der Waals surface area (Å²) in [7, 11) is 0. The fourth-order valence-electron chi connectivity index (χ4n) is 3.31. The standard InChI is InChI=1S/C15H19NO3.Ac/c1-10-11(2)15(8-17)9-19-14(16(15)13(10)18)12-6-4-3-5-7-12;/h3-7,10-11,14,17H,8-9H2,1-2H3;/t10?,11-,14?,15-;/m0./s1. The molecule has 3 rings (SSSR count). The number of fused-ring (bicyclic) bond motifs is 1. The van der Waals surface area contributed by atoms with Gasteiger partial charge in [0.2, 0.25) is 5.91 Å². The van der Waals surface area contributed by atoms with Crippen LogP contribution in [0.1, 0.15) is 25.6 Å². The van der Waals surface area contributed by atoms with Crippen molar-refractivity contribution in [2.75, 3.05) is 13.2 Å². The second kappa shape index (κ2) is 6.04.